The van der Waals surface area contributed by atoms with Crippen molar-refractivity contribution in [2.24, 2.45) is 0 Å². The van der Waals surface area contributed by atoms with E-state index in [0.717, 1.165) is 12.8 Å². The third-order valence-electron chi connectivity index (χ3n) is 2.71. The van der Waals surface area contributed by atoms with Crippen molar-refractivity contribution in [2.45, 2.75) is 31.9 Å². The van der Waals surface area contributed by atoms with Crippen LogP contribution in [0.4, 0.5) is 5.82 Å². The van der Waals surface area contributed by atoms with E-state index in [9.17, 15) is 4.79 Å². The molecule has 17 heavy (non-hydrogen) atoms. The molecule has 6 heteroatoms. The summed E-state index contributed by atoms with van der Waals surface area (Å²) in [6.45, 7) is 2.67. The average molecular weight is 236 g/mol. The van der Waals surface area contributed by atoms with Crippen LogP contribution in [0.3, 0.4) is 0 Å². The quantitative estimate of drug-likeness (QED) is 0.773. The van der Waals surface area contributed by atoms with Crippen molar-refractivity contribution in [1.29, 1.82) is 0 Å². The van der Waals surface area contributed by atoms with Crippen molar-refractivity contribution in [3.05, 3.63) is 18.1 Å². The summed E-state index contributed by atoms with van der Waals surface area (Å²) in [5.41, 5.74) is 5.73. The molecule has 0 spiro atoms. The summed E-state index contributed by atoms with van der Waals surface area (Å²) in [6.07, 6.45) is 4.65. The van der Waals surface area contributed by atoms with Crippen LogP contribution in [0.5, 0.6) is 0 Å². The number of hydrogen-bond donors (Lipinski definition) is 2. The zero-order chi connectivity index (χ0) is 12.3. The van der Waals surface area contributed by atoms with Gasteiger partial charge in [-0.15, -0.1) is 0 Å². The van der Waals surface area contributed by atoms with Crippen LogP contribution >= 0.6 is 0 Å². The van der Waals surface area contributed by atoms with Gasteiger partial charge in [-0.05, 0) is 19.8 Å². The van der Waals surface area contributed by atoms with Gasteiger partial charge >= 0.3 is 0 Å². The molecule has 92 valence electrons. The molecule has 0 aliphatic carbocycles. The van der Waals surface area contributed by atoms with Crippen molar-refractivity contribution in [2.75, 3.05) is 12.3 Å². The summed E-state index contributed by atoms with van der Waals surface area (Å²) >= 11 is 0. The van der Waals surface area contributed by atoms with Gasteiger partial charge in [-0.1, -0.05) is 0 Å². The Morgan fingerprint density at radius 2 is 2.41 bits per heavy atom. The number of amides is 1. The normalized spacial score (nSPS) is 24.3. The lowest BCUT2D eigenvalue weighted by Gasteiger charge is -2.27. The van der Waals surface area contributed by atoms with Gasteiger partial charge in [0.1, 0.15) is 11.5 Å². The molecule has 1 aliphatic rings. The Labute approximate surface area is 99.6 Å². The highest BCUT2D eigenvalue weighted by Crippen LogP contribution is 2.13. The molecule has 1 amide bonds. The summed E-state index contributed by atoms with van der Waals surface area (Å²) in [6, 6.07) is 0.134. The predicted molar refractivity (Wildman–Crippen MR) is 62.3 cm³/mol. The Morgan fingerprint density at radius 1 is 1.59 bits per heavy atom. The second-order valence-corrected chi connectivity index (χ2v) is 4.21. The molecule has 0 bridgehead atoms. The Hall–Kier alpha value is -1.69. The first-order valence-corrected chi connectivity index (χ1v) is 5.65. The molecule has 1 aromatic heterocycles. The van der Waals surface area contributed by atoms with Crippen LogP contribution in [0.15, 0.2) is 12.4 Å². The van der Waals surface area contributed by atoms with Crippen molar-refractivity contribution >= 4 is 11.7 Å². The van der Waals surface area contributed by atoms with E-state index in [1.165, 1.54) is 12.4 Å². The summed E-state index contributed by atoms with van der Waals surface area (Å²) in [4.78, 5) is 19.6. The lowest BCUT2D eigenvalue weighted by molar-refractivity contribution is 0.0136. The number of carbonyl (C=O) groups excluding carboxylic acids is 1. The maximum Gasteiger partial charge on any atom is 0.271 e. The van der Waals surface area contributed by atoms with E-state index in [4.69, 9.17) is 10.5 Å². The number of ether oxygens (including phenoxy) is 1. The Kier molecular flexibility index (Phi) is 3.53. The van der Waals surface area contributed by atoms with Gasteiger partial charge in [-0.25, -0.2) is 4.98 Å². The lowest BCUT2D eigenvalue weighted by atomic mass is 10.0. The number of nitrogens with zero attached hydrogens (tertiary/aromatic N) is 2. The molecule has 0 aromatic carbocycles. The van der Waals surface area contributed by atoms with Crippen molar-refractivity contribution < 1.29 is 9.53 Å². The smallest absolute Gasteiger partial charge is 0.271 e. The molecule has 1 aromatic rings. The van der Waals surface area contributed by atoms with Gasteiger partial charge < -0.3 is 15.8 Å². The molecule has 1 fully saturated rings. The first-order chi connectivity index (χ1) is 8.15. The maximum absolute atomic E-state index is 11.9. The van der Waals surface area contributed by atoms with Gasteiger partial charge in [0.25, 0.3) is 5.91 Å². The number of nitrogens with two attached hydrogens (primary N) is 1. The van der Waals surface area contributed by atoms with Crippen LogP contribution in [0.1, 0.15) is 30.3 Å². The van der Waals surface area contributed by atoms with Crippen LogP contribution in [-0.2, 0) is 4.74 Å². The van der Waals surface area contributed by atoms with Crippen molar-refractivity contribution in [3.63, 3.8) is 0 Å². The largest absolute Gasteiger partial charge is 0.382 e. The van der Waals surface area contributed by atoms with E-state index in [-0.39, 0.29) is 29.6 Å². The third-order valence-corrected chi connectivity index (χ3v) is 2.71. The topological polar surface area (TPSA) is 90.1 Å². The van der Waals surface area contributed by atoms with Crippen molar-refractivity contribution in [1.82, 2.24) is 15.3 Å². The molecule has 2 atom stereocenters. The van der Waals surface area contributed by atoms with Crippen molar-refractivity contribution in [3.8, 4) is 0 Å². The summed E-state index contributed by atoms with van der Waals surface area (Å²) < 4.78 is 5.42. The van der Waals surface area contributed by atoms with Crippen LogP contribution in [0, 0.1) is 0 Å². The zero-order valence-electron chi connectivity index (χ0n) is 9.72. The number of rotatable bonds is 2. The second-order valence-electron chi connectivity index (χ2n) is 4.21. The van der Waals surface area contributed by atoms with Crippen LogP contribution in [0.25, 0.3) is 0 Å². The molecule has 1 saturated heterocycles. The minimum absolute atomic E-state index is 0.134. The molecule has 6 nitrogen and oxygen atoms in total. The zero-order valence-corrected chi connectivity index (χ0v) is 9.72. The van der Waals surface area contributed by atoms with E-state index >= 15 is 0 Å². The summed E-state index contributed by atoms with van der Waals surface area (Å²) in [5.74, 6) is 0.0156. The fourth-order valence-corrected chi connectivity index (χ4v) is 1.88. The van der Waals surface area contributed by atoms with E-state index < -0.39 is 0 Å². The number of anilines is 1. The van der Waals surface area contributed by atoms with Gasteiger partial charge in [0.15, 0.2) is 0 Å². The Morgan fingerprint density at radius 3 is 3.12 bits per heavy atom. The highest BCUT2D eigenvalue weighted by Gasteiger charge is 2.21. The number of hydrogen-bond acceptors (Lipinski definition) is 5. The molecule has 0 saturated carbocycles. The second kappa shape index (κ2) is 5.09. The molecule has 2 unspecified atom stereocenters. The highest BCUT2D eigenvalue weighted by molar-refractivity contribution is 5.92. The van der Waals surface area contributed by atoms with Gasteiger partial charge in [-0.2, -0.15) is 0 Å². The molecular weight excluding hydrogens is 220 g/mol. The molecule has 1 aliphatic heterocycles. The molecule has 0 radical (unpaired) electrons. The minimum Gasteiger partial charge on any atom is -0.382 e. The van der Waals surface area contributed by atoms with Gasteiger partial charge in [-0.3, -0.25) is 9.78 Å². The van der Waals surface area contributed by atoms with Crippen LogP contribution < -0.4 is 11.1 Å². The van der Waals surface area contributed by atoms with E-state index in [1.54, 1.807) is 0 Å². The van der Waals surface area contributed by atoms with Gasteiger partial charge in [0.05, 0.1) is 18.5 Å². The number of nitrogens with one attached hydrogen (secondary N) is 1. The third kappa shape index (κ3) is 3.13. The average Bonchev–Trinajstić information content (AvgIpc) is 2.29. The maximum atomic E-state index is 11.9. The fourth-order valence-electron chi connectivity index (χ4n) is 1.88. The molecular formula is C11H16N4O2. The summed E-state index contributed by atoms with van der Waals surface area (Å²) in [7, 11) is 0. The van der Waals surface area contributed by atoms with Gasteiger partial charge in [0, 0.05) is 12.6 Å². The SMILES string of the molecule is CC1CC(NC(=O)c2cncc(N)n2)CCO1. The first-order valence-electron chi connectivity index (χ1n) is 5.65. The Balaban J connectivity index is 1.97. The highest BCUT2D eigenvalue weighted by atomic mass is 16.5. The number of carbonyl (C=O) groups is 1. The molecule has 2 rings (SSSR count). The molecule has 3 N–H and O–H groups in total. The predicted octanol–water partition coefficient (Wildman–Crippen LogP) is 0.356. The molecule has 2 heterocycles. The first kappa shape index (κ1) is 11.8. The number of nitrogen functional groups attached to an aromatic ring is 1. The van der Waals surface area contributed by atoms with E-state index in [1.807, 2.05) is 6.92 Å². The summed E-state index contributed by atoms with van der Waals surface area (Å²) in [5, 5.41) is 2.92. The Bertz CT molecular complexity index is 410. The van der Waals surface area contributed by atoms with E-state index in [2.05, 4.69) is 15.3 Å². The van der Waals surface area contributed by atoms with Crippen LogP contribution in [-0.4, -0.2) is 34.6 Å². The van der Waals surface area contributed by atoms with Crippen LogP contribution in [0.2, 0.25) is 0 Å². The standard InChI is InChI=1S/C11H16N4O2/c1-7-4-8(2-3-17-7)14-11(16)9-5-13-6-10(12)15-9/h5-8H,2-4H2,1H3,(H2,12,15)(H,14,16). The minimum atomic E-state index is -0.232. The lowest BCUT2D eigenvalue weighted by Crippen LogP contribution is -2.41. The monoisotopic (exact) mass is 236 g/mol. The van der Waals surface area contributed by atoms with Gasteiger partial charge in [0.2, 0.25) is 0 Å². The number of aromatic nitrogens is 2. The fraction of sp³-hybridized carbons (Fsp3) is 0.545. The van der Waals surface area contributed by atoms with E-state index in [0.29, 0.717) is 6.61 Å².